The fourth-order valence-electron chi connectivity index (χ4n) is 3.68. The number of benzene rings is 1. The van der Waals surface area contributed by atoms with Crippen molar-refractivity contribution >= 4 is 5.97 Å². The van der Waals surface area contributed by atoms with Crippen LogP contribution in [0.1, 0.15) is 62.6 Å². The second-order valence-electron chi connectivity index (χ2n) is 6.76. The standard InChI is InChI=1S/C18H25FO3/c1-12-8-9-13(17(2,3)19)15(22-4)14(12)18(16(20)21)10-6-5-7-11-18/h8-9H,5-7,10-11H2,1-4H3,(H,20,21). The third kappa shape index (κ3) is 2.71. The number of aliphatic carboxylic acids is 1. The summed E-state index contributed by atoms with van der Waals surface area (Å²) in [6, 6.07) is 3.52. The number of alkyl halides is 1. The summed E-state index contributed by atoms with van der Waals surface area (Å²) in [5, 5.41) is 9.93. The maximum Gasteiger partial charge on any atom is 0.314 e. The molecule has 0 atom stereocenters. The summed E-state index contributed by atoms with van der Waals surface area (Å²) in [5.41, 5.74) is -0.613. The van der Waals surface area contributed by atoms with E-state index in [1.807, 2.05) is 13.0 Å². The van der Waals surface area contributed by atoms with Crippen molar-refractivity contribution in [2.75, 3.05) is 7.11 Å². The molecule has 0 spiro atoms. The number of hydrogen-bond acceptors (Lipinski definition) is 2. The Kier molecular flexibility index (Phi) is 4.50. The van der Waals surface area contributed by atoms with E-state index < -0.39 is 17.1 Å². The molecule has 1 aliphatic carbocycles. The summed E-state index contributed by atoms with van der Waals surface area (Å²) in [6.45, 7) is 4.82. The Hall–Kier alpha value is -1.58. The first-order chi connectivity index (χ1) is 10.2. The lowest BCUT2D eigenvalue weighted by molar-refractivity contribution is -0.145. The van der Waals surface area contributed by atoms with E-state index in [-0.39, 0.29) is 0 Å². The van der Waals surface area contributed by atoms with Gasteiger partial charge in [-0.25, -0.2) is 4.39 Å². The SMILES string of the molecule is COc1c(C(C)(C)F)ccc(C)c1C1(C(=O)O)CCCCC1. The van der Waals surface area contributed by atoms with Crippen LogP contribution in [-0.4, -0.2) is 18.2 Å². The summed E-state index contributed by atoms with van der Waals surface area (Å²) in [7, 11) is 1.49. The van der Waals surface area contributed by atoms with Crippen LogP contribution in [0.2, 0.25) is 0 Å². The minimum absolute atomic E-state index is 0.400. The molecule has 1 N–H and O–H groups in total. The van der Waals surface area contributed by atoms with Crippen LogP contribution in [-0.2, 0) is 15.9 Å². The van der Waals surface area contributed by atoms with Crippen molar-refractivity contribution in [3.8, 4) is 5.75 Å². The van der Waals surface area contributed by atoms with Gasteiger partial charge in [-0.1, -0.05) is 31.4 Å². The zero-order valence-corrected chi connectivity index (χ0v) is 13.8. The summed E-state index contributed by atoms with van der Waals surface area (Å²) >= 11 is 0. The minimum Gasteiger partial charge on any atom is -0.496 e. The first-order valence-corrected chi connectivity index (χ1v) is 7.85. The number of methoxy groups -OCH3 is 1. The summed E-state index contributed by atoms with van der Waals surface area (Å²) in [5.74, 6) is -0.431. The molecule has 0 saturated heterocycles. The van der Waals surface area contributed by atoms with Crippen LogP contribution in [0.4, 0.5) is 4.39 Å². The van der Waals surface area contributed by atoms with E-state index in [2.05, 4.69) is 0 Å². The lowest BCUT2D eigenvalue weighted by atomic mass is 9.67. The molecule has 4 heteroatoms. The molecule has 2 rings (SSSR count). The summed E-state index contributed by atoms with van der Waals surface area (Å²) in [4.78, 5) is 12.1. The molecule has 3 nitrogen and oxygen atoms in total. The largest absolute Gasteiger partial charge is 0.496 e. The molecule has 0 bridgehead atoms. The Morgan fingerprint density at radius 2 is 1.86 bits per heavy atom. The minimum atomic E-state index is -1.58. The second kappa shape index (κ2) is 5.90. The average Bonchev–Trinajstić information content (AvgIpc) is 2.45. The molecule has 22 heavy (non-hydrogen) atoms. The van der Waals surface area contributed by atoms with Crippen molar-refractivity contribution in [2.24, 2.45) is 0 Å². The number of carboxylic acids is 1. The molecular weight excluding hydrogens is 283 g/mol. The van der Waals surface area contributed by atoms with Crippen molar-refractivity contribution < 1.29 is 19.0 Å². The predicted octanol–water partition coefficient (Wildman–Crippen LogP) is 4.49. The molecule has 1 saturated carbocycles. The van der Waals surface area contributed by atoms with E-state index in [0.717, 1.165) is 24.8 Å². The van der Waals surface area contributed by atoms with E-state index in [4.69, 9.17) is 4.74 Å². The van der Waals surface area contributed by atoms with Crippen molar-refractivity contribution in [1.82, 2.24) is 0 Å². The van der Waals surface area contributed by atoms with Crippen LogP contribution in [0.3, 0.4) is 0 Å². The Bertz CT molecular complexity index is 566. The van der Waals surface area contributed by atoms with Crippen LogP contribution in [0.5, 0.6) is 5.75 Å². The molecule has 122 valence electrons. The van der Waals surface area contributed by atoms with Crippen LogP contribution < -0.4 is 4.74 Å². The van der Waals surface area contributed by atoms with Crippen LogP contribution >= 0.6 is 0 Å². The number of carboxylic acid groups (broad SMARTS) is 1. The summed E-state index contributed by atoms with van der Waals surface area (Å²) < 4.78 is 20.1. The lowest BCUT2D eigenvalue weighted by Crippen LogP contribution is -2.39. The zero-order chi connectivity index (χ0) is 16.5. The molecule has 0 aromatic heterocycles. The van der Waals surface area contributed by atoms with Crippen molar-refractivity contribution in [3.63, 3.8) is 0 Å². The number of aryl methyl sites for hydroxylation is 1. The van der Waals surface area contributed by atoms with E-state index in [9.17, 15) is 14.3 Å². The van der Waals surface area contributed by atoms with Gasteiger partial charge >= 0.3 is 5.97 Å². The highest BCUT2D eigenvalue weighted by Crippen LogP contribution is 2.48. The Morgan fingerprint density at radius 1 is 1.27 bits per heavy atom. The highest BCUT2D eigenvalue weighted by molar-refractivity contribution is 5.83. The quantitative estimate of drug-likeness (QED) is 0.891. The molecular formula is C18H25FO3. The van der Waals surface area contributed by atoms with E-state index in [1.165, 1.54) is 21.0 Å². The van der Waals surface area contributed by atoms with E-state index >= 15 is 0 Å². The highest BCUT2D eigenvalue weighted by Gasteiger charge is 2.45. The molecule has 0 radical (unpaired) electrons. The van der Waals surface area contributed by atoms with Gasteiger partial charge in [0, 0.05) is 11.1 Å². The Morgan fingerprint density at radius 3 is 2.32 bits per heavy atom. The van der Waals surface area contributed by atoms with Gasteiger partial charge in [-0.15, -0.1) is 0 Å². The van der Waals surface area contributed by atoms with Crippen molar-refractivity contribution in [1.29, 1.82) is 0 Å². The van der Waals surface area contributed by atoms with E-state index in [0.29, 0.717) is 29.7 Å². The van der Waals surface area contributed by atoms with Gasteiger partial charge in [0.05, 0.1) is 12.5 Å². The molecule has 1 aromatic rings. The van der Waals surface area contributed by atoms with Gasteiger partial charge in [-0.3, -0.25) is 4.79 Å². The van der Waals surface area contributed by atoms with Gasteiger partial charge in [0.1, 0.15) is 11.4 Å². The van der Waals surface area contributed by atoms with Crippen molar-refractivity contribution in [3.05, 3.63) is 28.8 Å². The van der Waals surface area contributed by atoms with Crippen molar-refractivity contribution in [2.45, 2.75) is 64.0 Å². The Labute approximate surface area is 131 Å². The fourth-order valence-corrected chi connectivity index (χ4v) is 3.68. The van der Waals surface area contributed by atoms with E-state index in [1.54, 1.807) is 6.07 Å². The number of ether oxygens (including phenoxy) is 1. The number of carbonyl (C=O) groups is 1. The van der Waals surface area contributed by atoms with Crippen LogP contribution in [0, 0.1) is 6.92 Å². The molecule has 1 aromatic carbocycles. The van der Waals surface area contributed by atoms with Gasteiger partial charge in [0.25, 0.3) is 0 Å². The monoisotopic (exact) mass is 308 g/mol. The molecule has 1 aliphatic rings. The fraction of sp³-hybridized carbons (Fsp3) is 0.611. The van der Waals surface area contributed by atoms with Crippen LogP contribution in [0.15, 0.2) is 12.1 Å². The van der Waals surface area contributed by atoms with Gasteiger partial charge in [0.2, 0.25) is 0 Å². The smallest absolute Gasteiger partial charge is 0.314 e. The first kappa shape index (κ1) is 16.8. The first-order valence-electron chi connectivity index (χ1n) is 7.85. The number of hydrogen-bond donors (Lipinski definition) is 1. The number of halogens is 1. The lowest BCUT2D eigenvalue weighted by Gasteiger charge is -2.37. The third-order valence-corrected chi connectivity index (χ3v) is 4.81. The molecule has 1 fully saturated rings. The Balaban J connectivity index is 2.74. The predicted molar refractivity (Wildman–Crippen MR) is 84.3 cm³/mol. The molecule has 0 unspecified atom stereocenters. The second-order valence-corrected chi connectivity index (χ2v) is 6.76. The third-order valence-electron chi connectivity index (χ3n) is 4.81. The van der Waals surface area contributed by atoms with Gasteiger partial charge in [-0.2, -0.15) is 0 Å². The topological polar surface area (TPSA) is 46.5 Å². The maximum atomic E-state index is 14.5. The normalized spacial score (nSPS) is 18.0. The zero-order valence-electron chi connectivity index (χ0n) is 13.8. The average molecular weight is 308 g/mol. The maximum absolute atomic E-state index is 14.5. The van der Waals surface area contributed by atoms with Gasteiger partial charge < -0.3 is 9.84 Å². The molecule has 0 amide bonds. The molecule has 0 aliphatic heterocycles. The highest BCUT2D eigenvalue weighted by atomic mass is 19.1. The van der Waals surface area contributed by atoms with Gasteiger partial charge in [-0.05, 0) is 39.2 Å². The molecule has 0 heterocycles. The van der Waals surface area contributed by atoms with Crippen LogP contribution in [0.25, 0.3) is 0 Å². The summed E-state index contributed by atoms with van der Waals surface area (Å²) in [6.07, 6.45) is 3.95. The number of rotatable bonds is 4. The van der Waals surface area contributed by atoms with Gasteiger partial charge in [0.15, 0.2) is 0 Å².